The van der Waals surface area contributed by atoms with Crippen LogP contribution in [0.5, 0.6) is 0 Å². The molecular formula is C92H100N12O24S6. The zero-order valence-electron chi connectivity index (χ0n) is 73.6. The monoisotopic (exact) mass is 1950 g/mol. The fraction of sp³-hybridized carbons (Fsp3) is 0.348. The number of hydrogen-bond acceptors (Lipinski definition) is 27. The van der Waals surface area contributed by atoms with Crippen LogP contribution in [0.4, 0.5) is 31.4 Å². The van der Waals surface area contributed by atoms with Crippen molar-refractivity contribution in [2.24, 2.45) is 0 Å². The molecule has 36 nitrogen and oxygen atoms in total. The number of amides is 15. The Hall–Kier alpha value is -12.9. The van der Waals surface area contributed by atoms with E-state index in [1.54, 1.807) is 0 Å². The molecule has 6 aromatic rings. The lowest BCUT2D eigenvalue weighted by Gasteiger charge is -2.29. The van der Waals surface area contributed by atoms with Crippen molar-refractivity contribution < 1.29 is 116 Å². The van der Waals surface area contributed by atoms with Gasteiger partial charge in [-0.2, -0.15) is 0 Å². The summed E-state index contributed by atoms with van der Waals surface area (Å²) in [5.74, 6) is -8.99. The molecule has 134 heavy (non-hydrogen) atoms. The van der Waals surface area contributed by atoms with Crippen LogP contribution in [0.3, 0.4) is 0 Å². The van der Waals surface area contributed by atoms with Crippen molar-refractivity contribution in [2.45, 2.75) is 156 Å². The van der Waals surface area contributed by atoms with E-state index < -0.39 is 127 Å². The predicted molar refractivity (Wildman–Crippen MR) is 507 cm³/mol. The minimum Gasteiger partial charge on any atom is -0.480 e. The summed E-state index contributed by atoms with van der Waals surface area (Å²) in [6.45, 7) is 19.9. The highest BCUT2D eigenvalue weighted by Gasteiger charge is 2.49. The summed E-state index contributed by atoms with van der Waals surface area (Å²) in [7, 11) is 8.50. The van der Waals surface area contributed by atoms with Crippen LogP contribution >= 0.6 is 64.8 Å². The lowest BCUT2D eigenvalue weighted by atomic mass is 10.0. The van der Waals surface area contributed by atoms with E-state index in [1.807, 2.05) is 126 Å². The molecule has 42 heteroatoms. The highest BCUT2D eigenvalue weighted by atomic mass is 33.1. The van der Waals surface area contributed by atoms with E-state index in [1.165, 1.54) is 134 Å². The number of rotatable bonds is 39. The van der Waals surface area contributed by atoms with Gasteiger partial charge in [-0.25, -0.2) is 14.4 Å². The first-order valence-electron chi connectivity index (χ1n) is 42.3. The summed E-state index contributed by atoms with van der Waals surface area (Å²) in [5, 5.41) is 42.4. The SMILES string of the molecule is C=C1CCC(N2C(=O)c3cccc(NC(=O)OCCSS[C@@H](C)CC(=O)N(CC(=O)O)Cc4ccccc4)c3C2=O)C(=O)N1.C=C1CCC(N2C(=O)c3cccc(NC(=O)OC[C@@H](C)SS[C@@H](C)CC(=O)N(CC(=O)O)Cc4ccccc4)c3C2=O)C(=O)N1.C=C1CCC(N2C(=O)c3cccc(NC(=O)OC[C@@H](C)SS[C@H](C)CC(=O)N(CC(=O)O)Cc4ccccc4)c3C2=O)C(=O)N1. The number of carboxylic acid groups (broad SMARTS) is 3. The summed E-state index contributed by atoms with van der Waals surface area (Å²) in [6, 6.07) is 38.0. The fourth-order valence-electron chi connectivity index (χ4n) is 14.5. The van der Waals surface area contributed by atoms with Crippen molar-refractivity contribution in [3.63, 3.8) is 0 Å². The lowest BCUT2D eigenvalue weighted by Crippen LogP contribution is -2.51. The second kappa shape index (κ2) is 49.2. The van der Waals surface area contributed by atoms with Gasteiger partial charge in [0.1, 0.15) is 57.6 Å². The number of nitrogens with zero attached hydrogens (tertiary/aromatic N) is 6. The topological polar surface area (TPSA) is 487 Å². The number of ether oxygens (including phenoxy) is 3. The van der Waals surface area contributed by atoms with E-state index in [2.05, 4.69) is 51.6 Å². The minimum atomic E-state index is -1.09. The molecular weight excluding hydrogens is 1850 g/mol. The van der Waals surface area contributed by atoms with Gasteiger partial charge in [-0.05, 0) is 105 Å². The molecule has 3 fully saturated rings. The molecule has 8 atom stereocenters. The van der Waals surface area contributed by atoms with Gasteiger partial charge in [0.25, 0.3) is 35.4 Å². The van der Waals surface area contributed by atoms with Gasteiger partial charge in [0.2, 0.25) is 35.4 Å². The minimum absolute atomic E-state index is 0.000668. The van der Waals surface area contributed by atoms with Crippen molar-refractivity contribution >= 4 is 189 Å². The Bertz CT molecular complexity index is 5300. The van der Waals surface area contributed by atoms with Gasteiger partial charge in [0, 0.05) is 88.0 Å². The molecule has 12 rings (SSSR count). The molecule has 3 saturated heterocycles. The van der Waals surface area contributed by atoms with Crippen molar-refractivity contribution in [1.29, 1.82) is 0 Å². The van der Waals surface area contributed by atoms with E-state index in [0.717, 1.165) is 31.4 Å². The summed E-state index contributed by atoms with van der Waals surface area (Å²) in [4.78, 5) is 233. The first-order chi connectivity index (χ1) is 63.9. The average Bonchev–Trinajstić information content (AvgIpc) is 1.61. The predicted octanol–water partition coefficient (Wildman–Crippen LogP) is 12.5. The number of piperidine rings is 3. The molecule has 0 aliphatic carbocycles. The Morgan fingerprint density at radius 3 is 0.940 bits per heavy atom. The molecule has 0 bridgehead atoms. The number of hydrogen-bond donors (Lipinski definition) is 9. The molecule has 15 amide bonds. The van der Waals surface area contributed by atoms with Crippen LogP contribution < -0.4 is 31.9 Å². The van der Waals surface area contributed by atoms with E-state index in [-0.39, 0.29) is 172 Å². The lowest BCUT2D eigenvalue weighted by molar-refractivity contribution is -0.145. The van der Waals surface area contributed by atoms with E-state index in [9.17, 15) is 102 Å². The van der Waals surface area contributed by atoms with Crippen LogP contribution in [0.1, 0.15) is 171 Å². The summed E-state index contributed by atoms with van der Waals surface area (Å²) >= 11 is 0. The third-order valence-electron chi connectivity index (χ3n) is 20.8. The number of carboxylic acids is 3. The van der Waals surface area contributed by atoms with Gasteiger partial charge in [0.05, 0.1) is 50.4 Å². The largest absolute Gasteiger partial charge is 0.480 e. The number of aliphatic carboxylic acids is 3. The van der Waals surface area contributed by atoms with Gasteiger partial charge < -0.3 is 60.2 Å². The molecule has 0 saturated carbocycles. The Morgan fingerprint density at radius 1 is 0.381 bits per heavy atom. The van der Waals surface area contributed by atoms with Gasteiger partial charge in [-0.3, -0.25) is 103 Å². The molecule has 0 radical (unpaired) electrons. The number of nitrogens with one attached hydrogen (secondary N) is 6. The Morgan fingerprint density at radius 2 is 0.657 bits per heavy atom. The smallest absolute Gasteiger partial charge is 0.411 e. The fourth-order valence-corrected chi connectivity index (χ4v) is 21.0. The molecule has 6 aromatic carbocycles. The zero-order valence-corrected chi connectivity index (χ0v) is 78.5. The normalized spacial score (nSPS) is 17.1. The Labute approximate surface area is 794 Å². The summed E-state index contributed by atoms with van der Waals surface area (Å²) in [5.41, 5.74) is 4.63. The highest BCUT2D eigenvalue weighted by Crippen LogP contribution is 2.40. The van der Waals surface area contributed by atoms with Crippen LogP contribution in [0.15, 0.2) is 182 Å². The van der Waals surface area contributed by atoms with Gasteiger partial charge in [0.15, 0.2) is 0 Å². The van der Waals surface area contributed by atoms with Crippen LogP contribution in [0.2, 0.25) is 0 Å². The molecule has 708 valence electrons. The highest BCUT2D eigenvalue weighted by molar-refractivity contribution is 8.77. The quantitative estimate of drug-likeness (QED) is 0.00749. The van der Waals surface area contributed by atoms with Gasteiger partial charge >= 0.3 is 36.2 Å². The average molecular weight is 1950 g/mol. The van der Waals surface area contributed by atoms with E-state index in [0.29, 0.717) is 42.1 Å². The zero-order chi connectivity index (χ0) is 97.1. The van der Waals surface area contributed by atoms with Crippen LogP contribution in [0.25, 0.3) is 0 Å². The van der Waals surface area contributed by atoms with Gasteiger partial charge in [-0.1, -0.05) is 214 Å². The number of benzene rings is 6. The molecule has 6 aliphatic heterocycles. The van der Waals surface area contributed by atoms with Crippen LogP contribution in [0, 0.1) is 0 Å². The molecule has 0 spiro atoms. The maximum Gasteiger partial charge on any atom is 0.411 e. The van der Waals surface area contributed by atoms with Crippen molar-refractivity contribution in [3.8, 4) is 0 Å². The Kier molecular flexibility index (Phi) is 37.9. The number of anilines is 3. The van der Waals surface area contributed by atoms with Crippen LogP contribution in [-0.2, 0) is 77.0 Å². The number of fused-ring (bicyclic) bond motifs is 3. The second-order valence-electron chi connectivity index (χ2n) is 31.6. The standard InChI is InChI=1S/2C31H34N4O8S2.C30H32N4O8S2/c2*1-18-12-13-24(28(39)32-18)35-29(40)22-10-7-11-23(27(22)30(35)41)33-31(42)43-17-20(3)45-44-19(2)14-25(36)34(16-26(37)38)15-21-8-5-4-6-9-21;1-18-11-12-23(27(38)31-18)34-28(39)21-9-6-10-22(26(21)29(34)40)32-30(41)42-13-14-43-44-19(2)15-24(35)33(17-25(36)37)16-20-7-4-3-5-8-20/h2*4-11,19-20,24H,1,12-17H2,2-3H3,(H,32,39)(H,33,42)(H,37,38);3-10,19,23H,1,11-17H2,2H3,(H,31,38)(H,32,41)(H,36,37)/t19-,20+,24?;19-,20-,24?;19-,23?/m010/s1. The van der Waals surface area contributed by atoms with Crippen molar-refractivity contribution in [2.75, 3.05) is 61.2 Å². The molecule has 3 unspecified atom stereocenters. The molecule has 6 aliphatic rings. The third-order valence-corrected chi connectivity index (χ3v) is 30.4. The first-order valence-corrected chi connectivity index (χ1v) is 49.2. The summed E-state index contributed by atoms with van der Waals surface area (Å²) in [6.07, 6.45) is 0.0245. The van der Waals surface area contributed by atoms with E-state index in [4.69, 9.17) is 14.2 Å². The van der Waals surface area contributed by atoms with Gasteiger partial charge in [-0.15, -0.1) is 0 Å². The number of imide groups is 3. The van der Waals surface area contributed by atoms with Crippen molar-refractivity contribution in [1.82, 2.24) is 45.3 Å². The Balaban J connectivity index is 0.000000208. The van der Waals surface area contributed by atoms with Crippen LogP contribution in [-0.4, -0.2) is 241 Å². The number of allylic oxidation sites excluding steroid dienone is 3. The van der Waals surface area contributed by atoms with E-state index >= 15 is 0 Å². The molecule has 0 aromatic heterocycles. The molecule has 6 heterocycles. The maximum absolute atomic E-state index is 13.3. The third kappa shape index (κ3) is 28.8. The number of carbonyl (C=O) groups excluding carboxylic acids is 15. The molecule has 9 N–H and O–H groups in total. The first kappa shape index (κ1) is 103. The maximum atomic E-state index is 13.3. The number of carbonyl (C=O) groups is 18. The summed E-state index contributed by atoms with van der Waals surface area (Å²) < 4.78 is 16.0. The second-order valence-corrected chi connectivity index (χ2v) is 40.9. The van der Waals surface area contributed by atoms with Crippen molar-refractivity contribution in [3.05, 3.63) is 232 Å².